The highest BCUT2D eigenvalue weighted by atomic mass is 16.6. The number of hydrogen-bond donors (Lipinski definition) is 1. The molecule has 0 bridgehead atoms. The number of likely N-dealkylation sites (N-methyl/N-ethyl adjacent to an activating group) is 1. The third-order valence-corrected chi connectivity index (χ3v) is 1.73. The van der Waals surface area contributed by atoms with Gasteiger partial charge in [0.05, 0.1) is 19.2 Å². The highest BCUT2D eigenvalue weighted by molar-refractivity contribution is 5.17. The van der Waals surface area contributed by atoms with Crippen molar-refractivity contribution in [3.05, 3.63) is 28.0 Å². The van der Waals surface area contributed by atoms with Gasteiger partial charge in [-0.25, -0.2) is 0 Å². The third kappa shape index (κ3) is 2.82. The van der Waals surface area contributed by atoms with Gasteiger partial charge in [-0.15, -0.1) is 0 Å². The zero-order valence-electron chi connectivity index (χ0n) is 7.84. The van der Waals surface area contributed by atoms with Crippen LogP contribution in [0.25, 0.3) is 0 Å². The van der Waals surface area contributed by atoms with Crippen LogP contribution in [0.5, 0.6) is 0 Å². The standard InChI is InChI=1S/C8H12N2O4/c1-9(4-5-11)6-7-2-3-8(14-7)10(12)13/h2-3,11H,4-6H2,1H3. The fourth-order valence-corrected chi connectivity index (χ4v) is 1.07. The minimum atomic E-state index is -0.574. The molecule has 0 aliphatic carbocycles. The molecule has 1 rings (SSSR count). The van der Waals surface area contributed by atoms with Gasteiger partial charge in [0.15, 0.2) is 0 Å². The fourth-order valence-electron chi connectivity index (χ4n) is 1.07. The first-order valence-corrected chi connectivity index (χ1v) is 4.16. The third-order valence-electron chi connectivity index (χ3n) is 1.73. The highest BCUT2D eigenvalue weighted by Gasteiger charge is 2.12. The monoisotopic (exact) mass is 200 g/mol. The molecule has 14 heavy (non-hydrogen) atoms. The summed E-state index contributed by atoms with van der Waals surface area (Å²) < 4.78 is 4.94. The number of hydrogen-bond acceptors (Lipinski definition) is 5. The van der Waals surface area contributed by atoms with Gasteiger partial charge in [-0.1, -0.05) is 0 Å². The van der Waals surface area contributed by atoms with Gasteiger partial charge in [0.1, 0.15) is 10.7 Å². The Balaban J connectivity index is 2.55. The van der Waals surface area contributed by atoms with E-state index in [0.717, 1.165) is 0 Å². The lowest BCUT2D eigenvalue weighted by Crippen LogP contribution is -2.21. The van der Waals surface area contributed by atoms with Gasteiger partial charge in [0, 0.05) is 6.54 Å². The number of furan rings is 1. The van der Waals surface area contributed by atoms with Crippen molar-refractivity contribution in [3.8, 4) is 0 Å². The second-order valence-electron chi connectivity index (χ2n) is 2.96. The Hall–Kier alpha value is -1.40. The molecule has 1 heterocycles. The summed E-state index contributed by atoms with van der Waals surface area (Å²) in [7, 11) is 1.80. The molecule has 0 amide bonds. The van der Waals surface area contributed by atoms with Crippen LogP contribution in [-0.4, -0.2) is 35.1 Å². The molecule has 0 unspecified atom stereocenters. The first-order chi connectivity index (χ1) is 6.63. The van der Waals surface area contributed by atoms with Crippen LogP contribution in [-0.2, 0) is 6.54 Å². The normalized spacial score (nSPS) is 10.8. The largest absolute Gasteiger partial charge is 0.433 e. The molecule has 78 valence electrons. The number of aliphatic hydroxyl groups is 1. The number of nitro groups is 1. The lowest BCUT2D eigenvalue weighted by molar-refractivity contribution is -0.402. The molecule has 0 aliphatic rings. The lowest BCUT2D eigenvalue weighted by Gasteiger charge is -2.11. The van der Waals surface area contributed by atoms with Crippen LogP contribution in [0.1, 0.15) is 5.76 Å². The van der Waals surface area contributed by atoms with E-state index in [1.54, 1.807) is 13.1 Å². The van der Waals surface area contributed by atoms with Gasteiger partial charge in [-0.2, -0.15) is 0 Å². The Morgan fingerprint density at radius 2 is 2.36 bits per heavy atom. The van der Waals surface area contributed by atoms with Crippen molar-refractivity contribution in [2.75, 3.05) is 20.2 Å². The Kier molecular flexibility index (Phi) is 3.61. The summed E-state index contributed by atoms with van der Waals surface area (Å²) >= 11 is 0. The number of aliphatic hydroxyl groups excluding tert-OH is 1. The molecule has 0 aromatic carbocycles. The summed E-state index contributed by atoms with van der Waals surface area (Å²) in [5, 5.41) is 18.9. The van der Waals surface area contributed by atoms with E-state index >= 15 is 0 Å². The molecule has 0 fully saturated rings. The second-order valence-corrected chi connectivity index (χ2v) is 2.96. The van der Waals surface area contributed by atoms with Crippen molar-refractivity contribution >= 4 is 5.88 Å². The van der Waals surface area contributed by atoms with Crippen molar-refractivity contribution in [1.82, 2.24) is 4.90 Å². The van der Waals surface area contributed by atoms with E-state index in [2.05, 4.69) is 0 Å². The van der Waals surface area contributed by atoms with Crippen LogP contribution in [0, 0.1) is 10.1 Å². The maximum absolute atomic E-state index is 10.3. The van der Waals surface area contributed by atoms with E-state index in [-0.39, 0.29) is 12.5 Å². The second kappa shape index (κ2) is 4.73. The minimum absolute atomic E-state index is 0.0549. The summed E-state index contributed by atoms with van der Waals surface area (Å²) in [6, 6.07) is 2.88. The molecule has 1 N–H and O–H groups in total. The van der Waals surface area contributed by atoms with Crippen molar-refractivity contribution in [1.29, 1.82) is 0 Å². The molecule has 1 aromatic rings. The van der Waals surface area contributed by atoms with Gasteiger partial charge in [0.25, 0.3) is 0 Å². The van der Waals surface area contributed by atoms with Crippen LogP contribution in [0.4, 0.5) is 5.88 Å². The van der Waals surface area contributed by atoms with Crippen molar-refractivity contribution in [2.45, 2.75) is 6.54 Å². The highest BCUT2D eigenvalue weighted by Crippen LogP contribution is 2.16. The summed E-state index contributed by atoms with van der Waals surface area (Å²) in [4.78, 5) is 11.5. The molecule has 0 radical (unpaired) electrons. The van der Waals surface area contributed by atoms with E-state index in [4.69, 9.17) is 9.52 Å². The molecule has 0 saturated carbocycles. The first-order valence-electron chi connectivity index (χ1n) is 4.16. The predicted octanol–water partition coefficient (Wildman–Crippen LogP) is 0.612. The average molecular weight is 200 g/mol. The molecule has 0 atom stereocenters. The summed E-state index contributed by atoms with van der Waals surface area (Å²) in [5.41, 5.74) is 0. The topological polar surface area (TPSA) is 79.8 Å². The van der Waals surface area contributed by atoms with E-state index < -0.39 is 4.92 Å². The van der Waals surface area contributed by atoms with E-state index in [1.807, 2.05) is 4.90 Å². The zero-order valence-corrected chi connectivity index (χ0v) is 7.84. The Morgan fingerprint density at radius 1 is 1.64 bits per heavy atom. The molecule has 1 aromatic heterocycles. The van der Waals surface area contributed by atoms with Gasteiger partial charge in [0.2, 0.25) is 0 Å². The maximum atomic E-state index is 10.3. The molecule has 0 saturated heterocycles. The summed E-state index contributed by atoms with van der Waals surface area (Å²) in [6.45, 7) is 1.02. The van der Waals surface area contributed by atoms with Crippen molar-refractivity contribution < 1.29 is 14.4 Å². The Labute approximate surface area is 80.9 Å². The lowest BCUT2D eigenvalue weighted by atomic mass is 10.4. The maximum Gasteiger partial charge on any atom is 0.433 e. The van der Waals surface area contributed by atoms with Crippen molar-refractivity contribution in [3.63, 3.8) is 0 Å². The van der Waals surface area contributed by atoms with Gasteiger partial charge in [-0.05, 0) is 13.1 Å². The number of rotatable bonds is 5. The van der Waals surface area contributed by atoms with Crippen molar-refractivity contribution in [2.24, 2.45) is 0 Å². The predicted molar refractivity (Wildman–Crippen MR) is 48.8 cm³/mol. The molecule has 0 spiro atoms. The summed E-state index contributed by atoms with van der Waals surface area (Å²) in [5.74, 6) is 0.269. The summed E-state index contributed by atoms with van der Waals surface area (Å²) in [6.07, 6.45) is 0. The zero-order chi connectivity index (χ0) is 10.6. The Bertz CT molecular complexity index is 310. The van der Waals surface area contributed by atoms with Crippen LogP contribution in [0.2, 0.25) is 0 Å². The molecule has 6 heteroatoms. The average Bonchev–Trinajstić information content (AvgIpc) is 2.53. The first kappa shape index (κ1) is 10.7. The smallest absolute Gasteiger partial charge is 0.404 e. The fraction of sp³-hybridized carbons (Fsp3) is 0.500. The molecule has 0 aliphatic heterocycles. The van der Waals surface area contributed by atoms with Gasteiger partial charge in [-0.3, -0.25) is 15.0 Å². The minimum Gasteiger partial charge on any atom is -0.404 e. The Morgan fingerprint density at radius 3 is 2.86 bits per heavy atom. The van der Waals surface area contributed by atoms with Crippen LogP contribution >= 0.6 is 0 Å². The van der Waals surface area contributed by atoms with E-state index in [1.165, 1.54) is 6.07 Å². The van der Waals surface area contributed by atoms with E-state index in [9.17, 15) is 10.1 Å². The SMILES string of the molecule is CN(CCO)Cc1ccc([N+](=O)[O-])o1. The molecular weight excluding hydrogens is 188 g/mol. The van der Waals surface area contributed by atoms with Crippen LogP contribution < -0.4 is 0 Å². The van der Waals surface area contributed by atoms with E-state index in [0.29, 0.717) is 18.8 Å². The van der Waals surface area contributed by atoms with Gasteiger partial charge < -0.3 is 9.52 Å². The quantitative estimate of drug-likeness (QED) is 0.556. The number of nitrogens with zero attached hydrogens (tertiary/aromatic N) is 2. The molecular formula is C8H12N2O4. The van der Waals surface area contributed by atoms with Crippen LogP contribution in [0.15, 0.2) is 16.5 Å². The van der Waals surface area contributed by atoms with Crippen LogP contribution in [0.3, 0.4) is 0 Å². The van der Waals surface area contributed by atoms with Gasteiger partial charge >= 0.3 is 5.88 Å². The molecule has 6 nitrogen and oxygen atoms in total.